The van der Waals surface area contributed by atoms with Crippen LogP contribution in [0.2, 0.25) is 6.04 Å². The zero-order valence-electron chi connectivity index (χ0n) is 14.6. The van der Waals surface area contributed by atoms with Crippen LogP contribution in [-0.4, -0.2) is 45.8 Å². The summed E-state index contributed by atoms with van der Waals surface area (Å²) in [5.41, 5.74) is 0. The zero-order chi connectivity index (χ0) is 17.8. The predicted molar refractivity (Wildman–Crippen MR) is 95.8 cm³/mol. The highest BCUT2D eigenvalue weighted by atomic mass is 32.2. The quantitative estimate of drug-likeness (QED) is 0.211. The molecule has 0 aliphatic heterocycles. The maximum Gasteiger partial charge on any atom is 0.500 e. The van der Waals surface area contributed by atoms with Crippen LogP contribution < -0.4 is 0 Å². The van der Waals surface area contributed by atoms with Crippen LogP contribution >= 0.6 is 11.8 Å². The minimum Gasteiger partial charge on any atom is -0.468 e. The Bertz CT molecular complexity index is 442. The molecule has 0 spiro atoms. The number of rotatable bonds is 14. The molecule has 7 nitrogen and oxygen atoms in total. The van der Waals surface area contributed by atoms with Crippen LogP contribution in [0.1, 0.15) is 38.2 Å². The molecule has 1 aromatic heterocycles. The van der Waals surface area contributed by atoms with Gasteiger partial charge in [0.15, 0.2) is 0 Å². The number of thioether (sulfide) groups is 1. The van der Waals surface area contributed by atoms with Crippen molar-refractivity contribution in [3.63, 3.8) is 0 Å². The molecule has 1 unspecified atom stereocenters. The van der Waals surface area contributed by atoms with Crippen LogP contribution in [0.15, 0.2) is 22.8 Å². The molecule has 0 aliphatic rings. The molecule has 0 amide bonds. The molecule has 1 rings (SSSR count). The maximum atomic E-state index is 10.8. The summed E-state index contributed by atoms with van der Waals surface area (Å²) in [4.78, 5) is 10.5. The molecule has 0 aromatic carbocycles. The third-order valence-electron chi connectivity index (χ3n) is 3.21. The topological polar surface area (TPSA) is 84.0 Å². The fourth-order valence-corrected chi connectivity index (χ4v) is 6.34. The summed E-state index contributed by atoms with van der Waals surface area (Å²) in [5.74, 6) is 1.39. The van der Waals surface area contributed by atoms with E-state index >= 15 is 0 Å². The van der Waals surface area contributed by atoms with Crippen LogP contribution in [-0.2, 0) is 13.3 Å². The molecule has 24 heavy (non-hydrogen) atoms. The first kappa shape index (κ1) is 21.2. The lowest BCUT2D eigenvalue weighted by Crippen LogP contribution is -2.46. The number of furan rings is 1. The lowest BCUT2D eigenvalue weighted by Gasteiger charge is -2.28. The molecule has 0 bridgehead atoms. The highest BCUT2D eigenvalue weighted by Gasteiger charge is 2.39. The van der Waals surface area contributed by atoms with Gasteiger partial charge in [-0.3, -0.25) is 10.1 Å². The minimum atomic E-state index is -2.64. The summed E-state index contributed by atoms with van der Waals surface area (Å²) < 4.78 is 22.8. The van der Waals surface area contributed by atoms with Crippen LogP contribution in [0.4, 0.5) is 0 Å². The first-order valence-corrected chi connectivity index (χ1v) is 11.2. The molecule has 9 heteroatoms. The average molecular weight is 378 g/mol. The Morgan fingerprint density at radius 3 is 2.33 bits per heavy atom. The summed E-state index contributed by atoms with van der Waals surface area (Å²) in [6.07, 6.45) is 2.35. The number of hydrogen-bond acceptors (Lipinski definition) is 7. The standard InChI is InChI=1S/C15H27NO6SSi/c1-4-20-24(21-5-2,22-6-3)12-8-11-23-15(13-16(17)18)14-9-7-10-19-14/h7,9-10,15H,4-6,8,11-13H2,1-3H3. The smallest absolute Gasteiger partial charge is 0.468 e. The largest absolute Gasteiger partial charge is 0.500 e. The Hall–Kier alpha value is -0.873. The lowest BCUT2D eigenvalue weighted by atomic mass is 10.3. The van der Waals surface area contributed by atoms with E-state index in [1.54, 1.807) is 18.4 Å². The van der Waals surface area contributed by atoms with Gasteiger partial charge in [-0.25, -0.2) is 0 Å². The van der Waals surface area contributed by atoms with Gasteiger partial charge < -0.3 is 17.7 Å². The van der Waals surface area contributed by atoms with E-state index in [0.717, 1.165) is 12.2 Å². The molecule has 0 aliphatic carbocycles. The summed E-state index contributed by atoms with van der Waals surface area (Å²) in [6, 6.07) is 4.24. The second kappa shape index (κ2) is 11.6. The van der Waals surface area contributed by atoms with Crippen molar-refractivity contribution in [1.29, 1.82) is 0 Å². The normalized spacial score (nSPS) is 13.1. The van der Waals surface area contributed by atoms with Crippen LogP contribution in [0.5, 0.6) is 0 Å². The highest BCUT2D eigenvalue weighted by Crippen LogP contribution is 2.31. The van der Waals surface area contributed by atoms with Crippen molar-refractivity contribution in [2.75, 3.05) is 32.1 Å². The number of nitro groups is 1. The molecule has 0 radical (unpaired) electrons. The van der Waals surface area contributed by atoms with Crippen molar-refractivity contribution < 1.29 is 22.6 Å². The summed E-state index contributed by atoms with van der Waals surface area (Å²) in [6.45, 7) is 7.29. The molecule has 0 saturated carbocycles. The summed E-state index contributed by atoms with van der Waals surface area (Å²) in [7, 11) is -2.64. The second-order valence-electron chi connectivity index (χ2n) is 4.98. The van der Waals surface area contributed by atoms with Gasteiger partial charge in [0.05, 0.1) is 6.26 Å². The molecule has 1 atom stereocenters. The van der Waals surface area contributed by atoms with Gasteiger partial charge in [0.2, 0.25) is 6.54 Å². The van der Waals surface area contributed by atoms with Crippen molar-refractivity contribution in [1.82, 2.24) is 0 Å². The van der Waals surface area contributed by atoms with E-state index in [2.05, 4.69) is 0 Å². The SMILES string of the molecule is CCO[Si](CCCSC(C[N+](=O)[O-])c1ccco1)(OCC)OCC. The summed E-state index contributed by atoms with van der Waals surface area (Å²) in [5, 5.41) is 10.6. The van der Waals surface area contributed by atoms with Crippen molar-refractivity contribution in [3.8, 4) is 0 Å². The van der Waals surface area contributed by atoms with E-state index in [1.807, 2.05) is 20.8 Å². The van der Waals surface area contributed by atoms with Crippen molar-refractivity contribution in [3.05, 3.63) is 34.3 Å². The highest BCUT2D eigenvalue weighted by molar-refractivity contribution is 7.99. The van der Waals surface area contributed by atoms with Gasteiger partial charge in [-0.2, -0.15) is 0 Å². The van der Waals surface area contributed by atoms with Crippen LogP contribution in [0, 0.1) is 10.1 Å². The van der Waals surface area contributed by atoms with E-state index < -0.39 is 8.80 Å². The molecule has 0 N–H and O–H groups in total. The zero-order valence-corrected chi connectivity index (χ0v) is 16.4. The molecule has 0 fully saturated rings. The first-order chi connectivity index (χ1) is 11.6. The molecular formula is C15H27NO6SSi. The third kappa shape index (κ3) is 7.35. The second-order valence-corrected chi connectivity index (χ2v) is 9.02. The Morgan fingerprint density at radius 2 is 1.88 bits per heavy atom. The molecular weight excluding hydrogens is 350 g/mol. The molecule has 0 saturated heterocycles. The van der Waals surface area contributed by atoms with E-state index in [1.165, 1.54) is 11.8 Å². The van der Waals surface area contributed by atoms with Crippen molar-refractivity contribution >= 4 is 20.6 Å². The molecule has 1 heterocycles. The van der Waals surface area contributed by atoms with E-state index in [9.17, 15) is 10.1 Å². The number of hydrogen-bond donors (Lipinski definition) is 0. The maximum absolute atomic E-state index is 10.8. The Kier molecular flexibility index (Phi) is 10.3. The molecule has 138 valence electrons. The summed E-state index contributed by atoms with van der Waals surface area (Å²) >= 11 is 1.52. The average Bonchev–Trinajstić information content (AvgIpc) is 3.05. The lowest BCUT2D eigenvalue weighted by molar-refractivity contribution is -0.480. The first-order valence-electron chi connectivity index (χ1n) is 8.25. The van der Waals surface area contributed by atoms with Crippen molar-refractivity contribution in [2.45, 2.75) is 38.5 Å². The third-order valence-corrected chi connectivity index (χ3v) is 7.67. The van der Waals surface area contributed by atoms with Crippen LogP contribution in [0.25, 0.3) is 0 Å². The van der Waals surface area contributed by atoms with Gasteiger partial charge >= 0.3 is 8.80 Å². The number of nitrogens with zero attached hydrogens (tertiary/aromatic N) is 1. The van der Waals surface area contributed by atoms with Gasteiger partial charge in [0.1, 0.15) is 11.0 Å². The van der Waals surface area contributed by atoms with E-state index in [0.29, 0.717) is 31.6 Å². The Morgan fingerprint density at radius 1 is 1.25 bits per heavy atom. The van der Waals surface area contributed by atoms with Crippen molar-refractivity contribution in [2.24, 2.45) is 0 Å². The Labute approximate surface area is 148 Å². The van der Waals surface area contributed by atoms with Crippen LogP contribution in [0.3, 0.4) is 0 Å². The van der Waals surface area contributed by atoms with Gasteiger partial charge in [0, 0.05) is 30.8 Å². The van der Waals surface area contributed by atoms with Gasteiger partial charge in [-0.1, -0.05) is 0 Å². The van der Waals surface area contributed by atoms with Gasteiger partial charge in [0.25, 0.3) is 0 Å². The fourth-order valence-electron chi connectivity index (χ4n) is 2.35. The van der Waals surface area contributed by atoms with Gasteiger partial charge in [-0.05, 0) is 45.1 Å². The van der Waals surface area contributed by atoms with Gasteiger partial charge in [-0.15, -0.1) is 11.8 Å². The molecule has 1 aromatic rings. The monoisotopic (exact) mass is 377 g/mol. The fraction of sp³-hybridized carbons (Fsp3) is 0.733. The predicted octanol–water partition coefficient (Wildman–Crippen LogP) is 3.77. The Balaban J connectivity index is 2.54. The van der Waals surface area contributed by atoms with E-state index in [-0.39, 0.29) is 16.7 Å². The minimum absolute atomic E-state index is 0.150. The van der Waals surface area contributed by atoms with E-state index in [4.69, 9.17) is 17.7 Å².